The Morgan fingerprint density at radius 2 is 1.94 bits per heavy atom. The standard InChI is InChI=1S/C13H19NO3/c1-3-4-5-6-7-14-10-8-11(15)13(17)9(2)12(10)16/h8,14,17H,3-7H2,1-2H3. The molecule has 1 rings (SSSR count). The number of aliphatic hydroxyl groups is 1. The number of allylic oxidation sites excluding steroid dienone is 2. The second kappa shape index (κ2) is 6.23. The van der Waals surface area contributed by atoms with Crippen molar-refractivity contribution in [1.29, 1.82) is 0 Å². The van der Waals surface area contributed by atoms with Crippen LogP contribution in [0, 0.1) is 0 Å². The molecule has 0 heterocycles. The highest BCUT2D eigenvalue weighted by atomic mass is 16.3. The molecular weight excluding hydrogens is 218 g/mol. The molecule has 0 spiro atoms. The summed E-state index contributed by atoms with van der Waals surface area (Å²) in [6.45, 7) is 4.27. The second-order valence-corrected chi connectivity index (χ2v) is 4.21. The van der Waals surface area contributed by atoms with Gasteiger partial charge in [0.05, 0.1) is 5.70 Å². The molecular formula is C13H19NO3. The fourth-order valence-corrected chi connectivity index (χ4v) is 1.67. The summed E-state index contributed by atoms with van der Waals surface area (Å²) >= 11 is 0. The SMILES string of the molecule is CCCCCCNC1=CC(=O)C(O)=C(C)C1=O. The minimum absolute atomic E-state index is 0.119. The number of rotatable bonds is 6. The number of aliphatic hydroxyl groups excluding tert-OH is 1. The summed E-state index contributed by atoms with van der Waals surface area (Å²) in [5.41, 5.74) is 0.412. The zero-order chi connectivity index (χ0) is 12.8. The molecule has 0 bridgehead atoms. The molecule has 0 radical (unpaired) electrons. The Kier molecular flexibility index (Phi) is 4.94. The van der Waals surface area contributed by atoms with Crippen LogP contribution < -0.4 is 5.32 Å². The van der Waals surface area contributed by atoms with Gasteiger partial charge in [-0.2, -0.15) is 0 Å². The summed E-state index contributed by atoms with van der Waals surface area (Å²) < 4.78 is 0. The predicted molar refractivity (Wildman–Crippen MR) is 65.6 cm³/mol. The molecule has 0 saturated carbocycles. The van der Waals surface area contributed by atoms with Gasteiger partial charge >= 0.3 is 0 Å². The normalized spacial score (nSPS) is 16.2. The molecule has 1 aliphatic carbocycles. The Balaban J connectivity index is 2.48. The molecule has 4 nitrogen and oxygen atoms in total. The van der Waals surface area contributed by atoms with Crippen LogP contribution in [0.3, 0.4) is 0 Å². The van der Waals surface area contributed by atoms with Crippen molar-refractivity contribution in [2.24, 2.45) is 0 Å². The van der Waals surface area contributed by atoms with Gasteiger partial charge in [0.1, 0.15) is 0 Å². The van der Waals surface area contributed by atoms with Crippen molar-refractivity contribution in [1.82, 2.24) is 5.32 Å². The number of hydrogen-bond acceptors (Lipinski definition) is 4. The van der Waals surface area contributed by atoms with Gasteiger partial charge in [0.2, 0.25) is 11.6 Å². The molecule has 2 N–H and O–H groups in total. The van der Waals surface area contributed by atoms with E-state index in [1.54, 1.807) is 0 Å². The average Bonchev–Trinajstić information content (AvgIpc) is 2.32. The van der Waals surface area contributed by atoms with E-state index in [0.717, 1.165) is 19.3 Å². The summed E-state index contributed by atoms with van der Waals surface area (Å²) in [6, 6.07) is 0. The molecule has 0 aromatic rings. The third-order valence-electron chi connectivity index (χ3n) is 2.80. The second-order valence-electron chi connectivity index (χ2n) is 4.21. The molecule has 0 atom stereocenters. The van der Waals surface area contributed by atoms with Gasteiger partial charge in [-0.1, -0.05) is 26.2 Å². The minimum atomic E-state index is -0.502. The van der Waals surface area contributed by atoms with Crippen LogP contribution in [0.15, 0.2) is 23.1 Å². The Labute approximate surface area is 101 Å². The van der Waals surface area contributed by atoms with Gasteiger partial charge in [-0.3, -0.25) is 9.59 Å². The Morgan fingerprint density at radius 3 is 2.59 bits per heavy atom. The molecule has 0 aromatic carbocycles. The quantitative estimate of drug-likeness (QED) is 0.548. The highest BCUT2D eigenvalue weighted by Crippen LogP contribution is 2.15. The molecule has 0 amide bonds. The number of carbonyl (C=O) groups excluding carboxylic acids is 2. The highest BCUT2D eigenvalue weighted by Gasteiger charge is 2.24. The van der Waals surface area contributed by atoms with Gasteiger partial charge in [-0.15, -0.1) is 0 Å². The van der Waals surface area contributed by atoms with Crippen molar-refractivity contribution in [3.8, 4) is 0 Å². The monoisotopic (exact) mass is 237 g/mol. The van der Waals surface area contributed by atoms with Crippen LogP contribution in [0.4, 0.5) is 0 Å². The minimum Gasteiger partial charge on any atom is -0.504 e. The fraction of sp³-hybridized carbons (Fsp3) is 0.538. The summed E-state index contributed by atoms with van der Waals surface area (Å²) in [5, 5.41) is 12.3. The van der Waals surface area contributed by atoms with E-state index in [1.807, 2.05) is 0 Å². The highest BCUT2D eigenvalue weighted by molar-refractivity contribution is 6.21. The van der Waals surface area contributed by atoms with Gasteiger partial charge in [0, 0.05) is 18.2 Å². The predicted octanol–water partition coefficient (Wildman–Crippen LogP) is 2.02. The van der Waals surface area contributed by atoms with Gasteiger partial charge in [0.15, 0.2) is 5.76 Å². The Bertz CT molecular complexity index is 380. The van der Waals surface area contributed by atoms with E-state index in [1.165, 1.54) is 19.4 Å². The van der Waals surface area contributed by atoms with E-state index in [2.05, 4.69) is 12.2 Å². The third-order valence-corrected chi connectivity index (χ3v) is 2.80. The first-order valence-corrected chi connectivity index (χ1v) is 6.02. The summed E-state index contributed by atoms with van der Waals surface area (Å²) in [5.74, 6) is -1.23. The number of Topliss-reactive ketones (excluding diaryl/α,β-unsaturated/α-hetero) is 1. The molecule has 4 heteroatoms. The number of unbranched alkanes of at least 4 members (excludes halogenated alkanes) is 3. The topological polar surface area (TPSA) is 66.4 Å². The van der Waals surface area contributed by atoms with Crippen molar-refractivity contribution >= 4 is 11.6 Å². The van der Waals surface area contributed by atoms with Crippen molar-refractivity contribution in [3.63, 3.8) is 0 Å². The van der Waals surface area contributed by atoms with Crippen LogP contribution >= 0.6 is 0 Å². The smallest absolute Gasteiger partial charge is 0.222 e. The van der Waals surface area contributed by atoms with E-state index in [-0.39, 0.29) is 11.4 Å². The maximum Gasteiger partial charge on any atom is 0.222 e. The van der Waals surface area contributed by atoms with Gasteiger partial charge in [-0.05, 0) is 13.3 Å². The van der Waals surface area contributed by atoms with Crippen LogP contribution in [0.25, 0.3) is 0 Å². The Morgan fingerprint density at radius 1 is 1.24 bits per heavy atom. The van der Waals surface area contributed by atoms with Crippen molar-refractivity contribution in [2.75, 3.05) is 6.54 Å². The molecule has 17 heavy (non-hydrogen) atoms. The molecule has 0 fully saturated rings. The Hall–Kier alpha value is -1.58. The van der Waals surface area contributed by atoms with Crippen molar-refractivity contribution in [2.45, 2.75) is 39.5 Å². The summed E-state index contributed by atoms with van der Waals surface area (Å²) in [7, 11) is 0. The van der Waals surface area contributed by atoms with Crippen LogP contribution in [-0.2, 0) is 9.59 Å². The zero-order valence-electron chi connectivity index (χ0n) is 10.4. The molecule has 0 aromatic heterocycles. The first-order chi connectivity index (χ1) is 8.07. The number of nitrogens with one attached hydrogen (secondary N) is 1. The largest absolute Gasteiger partial charge is 0.504 e. The van der Waals surface area contributed by atoms with Gasteiger partial charge in [0.25, 0.3) is 0 Å². The maximum atomic E-state index is 11.7. The van der Waals surface area contributed by atoms with Gasteiger partial charge in [-0.25, -0.2) is 0 Å². The summed E-state index contributed by atoms with van der Waals surface area (Å²) in [4.78, 5) is 23.0. The first-order valence-electron chi connectivity index (χ1n) is 6.02. The van der Waals surface area contributed by atoms with E-state index in [0.29, 0.717) is 12.2 Å². The van der Waals surface area contributed by atoms with Crippen LogP contribution in [0.5, 0.6) is 0 Å². The molecule has 1 aliphatic rings. The number of hydrogen-bond donors (Lipinski definition) is 2. The fourth-order valence-electron chi connectivity index (χ4n) is 1.67. The number of ketones is 2. The van der Waals surface area contributed by atoms with Crippen LogP contribution in [0.2, 0.25) is 0 Å². The van der Waals surface area contributed by atoms with E-state index < -0.39 is 11.5 Å². The van der Waals surface area contributed by atoms with Crippen LogP contribution in [-0.4, -0.2) is 23.2 Å². The molecule has 94 valence electrons. The average molecular weight is 237 g/mol. The van der Waals surface area contributed by atoms with E-state index in [9.17, 15) is 14.7 Å². The maximum absolute atomic E-state index is 11.7. The zero-order valence-corrected chi connectivity index (χ0v) is 10.4. The lowest BCUT2D eigenvalue weighted by molar-refractivity contribution is -0.117. The lowest BCUT2D eigenvalue weighted by Crippen LogP contribution is -2.28. The molecule has 0 unspecified atom stereocenters. The molecule has 0 saturated heterocycles. The lowest BCUT2D eigenvalue weighted by Gasteiger charge is -2.14. The first kappa shape index (κ1) is 13.5. The summed E-state index contributed by atoms with van der Waals surface area (Å²) in [6.07, 6.45) is 5.59. The van der Waals surface area contributed by atoms with Crippen molar-refractivity contribution < 1.29 is 14.7 Å². The van der Waals surface area contributed by atoms with Crippen LogP contribution in [0.1, 0.15) is 39.5 Å². The van der Waals surface area contributed by atoms with Gasteiger partial charge < -0.3 is 10.4 Å². The van der Waals surface area contributed by atoms with Crippen molar-refractivity contribution in [3.05, 3.63) is 23.1 Å². The number of carbonyl (C=O) groups is 2. The lowest BCUT2D eigenvalue weighted by atomic mass is 10.00. The van der Waals surface area contributed by atoms with E-state index >= 15 is 0 Å². The van der Waals surface area contributed by atoms with E-state index in [4.69, 9.17) is 0 Å². The molecule has 0 aliphatic heterocycles. The third kappa shape index (κ3) is 3.44.